The van der Waals surface area contributed by atoms with Gasteiger partial charge in [-0.1, -0.05) is 36.4 Å². The summed E-state index contributed by atoms with van der Waals surface area (Å²) in [5.74, 6) is -0.220. The van der Waals surface area contributed by atoms with Crippen molar-refractivity contribution in [3.8, 4) is 0 Å². The van der Waals surface area contributed by atoms with E-state index in [-0.39, 0.29) is 12.0 Å². The Labute approximate surface area is 102 Å². The zero-order valence-electron chi connectivity index (χ0n) is 10.2. The standard InChI is InChI=1S/C14H19NO2/c1-3-4-10-13(14(16)17-2)15-11-12-8-6-5-7-9-12/h3,5-9,13,15H,1,4,10-11H2,2H3/t13-/m1/s1. The van der Waals surface area contributed by atoms with E-state index >= 15 is 0 Å². The number of nitrogens with one attached hydrogen (secondary N) is 1. The highest BCUT2D eigenvalue weighted by Crippen LogP contribution is 2.03. The largest absolute Gasteiger partial charge is 0.468 e. The fourth-order valence-corrected chi connectivity index (χ4v) is 1.57. The number of ether oxygens (including phenoxy) is 1. The quantitative estimate of drug-likeness (QED) is 0.580. The monoisotopic (exact) mass is 233 g/mol. The molecule has 92 valence electrons. The van der Waals surface area contributed by atoms with Crippen molar-refractivity contribution in [1.29, 1.82) is 0 Å². The van der Waals surface area contributed by atoms with Gasteiger partial charge in [-0.25, -0.2) is 0 Å². The van der Waals surface area contributed by atoms with E-state index in [0.29, 0.717) is 13.0 Å². The summed E-state index contributed by atoms with van der Waals surface area (Å²) in [4.78, 5) is 11.5. The molecule has 0 unspecified atom stereocenters. The van der Waals surface area contributed by atoms with E-state index in [1.54, 1.807) is 6.08 Å². The summed E-state index contributed by atoms with van der Waals surface area (Å²) >= 11 is 0. The highest BCUT2D eigenvalue weighted by Gasteiger charge is 2.17. The van der Waals surface area contributed by atoms with Gasteiger partial charge in [0, 0.05) is 6.54 Å². The lowest BCUT2D eigenvalue weighted by atomic mass is 10.1. The van der Waals surface area contributed by atoms with E-state index in [1.165, 1.54) is 7.11 Å². The lowest BCUT2D eigenvalue weighted by molar-refractivity contribution is -0.143. The van der Waals surface area contributed by atoms with E-state index in [1.807, 2.05) is 30.3 Å². The molecular formula is C14H19NO2. The van der Waals surface area contributed by atoms with Crippen molar-refractivity contribution in [3.05, 3.63) is 48.6 Å². The molecule has 0 radical (unpaired) electrons. The molecule has 0 aliphatic heterocycles. The van der Waals surface area contributed by atoms with Crippen molar-refractivity contribution < 1.29 is 9.53 Å². The highest BCUT2D eigenvalue weighted by atomic mass is 16.5. The van der Waals surface area contributed by atoms with Gasteiger partial charge in [-0.2, -0.15) is 0 Å². The Balaban J connectivity index is 2.48. The van der Waals surface area contributed by atoms with Crippen LogP contribution in [-0.2, 0) is 16.1 Å². The Hall–Kier alpha value is -1.61. The Bertz CT molecular complexity index is 348. The van der Waals surface area contributed by atoms with Gasteiger partial charge in [-0.15, -0.1) is 6.58 Å². The number of hydrogen-bond donors (Lipinski definition) is 1. The molecule has 0 saturated heterocycles. The van der Waals surface area contributed by atoms with Crippen LogP contribution in [0.2, 0.25) is 0 Å². The first-order valence-electron chi connectivity index (χ1n) is 5.74. The van der Waals surface area contributed by atoms with Crippen molar-refractivity contribution >= 4 is 5.97 Å². The molecule has 1 rings (SSSR count). The molecule has 1 atom stereocenters. The first kappa shape index (κ1) is 13.5. The van der Waals surface area contributed by atoms with Crippen LogP contribution in [0.3, 0.4) is 0 Å². The third kappa shape index (κ3) is 4.83. The van der Waals surface area contributed by atoms with Gasteiger partial charge in [0.15, 0.2) is 0 Å². The summed E-state index contributed by atoms with van der Waals surface area (Å²) in [7, 11) is 1.41. The van der Waals surface area contributed by atoms with E-state index in [4.69, 9.17) is 4.74 Å². The Morgan fingerprint density at radius 1 is 1.47 bits per heavy atom. The summed E-state index contributed by atoms with van der Waals surface area (Å²) in [5.41, 5.74) is 1.15. The van der Waals surface area contributed by atoms with Crippen molar-refractivity contribution in [2.45, 2.75) is 25.4 Å². The minimum Gasteiger partial charge on any atom is -0.468 e. The van der Waals surface area contributed by atoms with E-state index in [9.17, 15) is 4.79 Å². The summed E-state index contributed by atoms with van der Waals surface area (Å²) < 4.78 is 4.76. The van der Waals surface area contributed by atoms with Crippen LogP contribution in [0.25, 0.3) is 0 Å². The average molecular weight is 233 g/mol. The van der Waals surface area contributed by atoms with Crippen molar-refractivity contribution in [3.63, 3.8) is 0 Å². The molecule has 0 bridgehead atoms. The zero-order chi connectivity index (χ0) is 12.5. The molecule has 17 heavy (non-hydrogen) atoms. The summed E-state index contributed by atoms with van der Waals surface area (Å²) in [5, 5.41) is 3.20. The van der Waals surface area contributed by atoms with Crippen molar-refractivity contribution in [2.24, 2.45) is 0 Å². The number of hydrogen-bond acceptors (Lipinski definition) is 3. The summed E-state index contributed by atoms with van der Waals surface area (Å²) in [6.07, 6.45) is 3.31. The number of methoxy groups -OCH3 is 1. The van der Waals surface area contributed by atoms with Crippen LogP contribution in [0.5, 0.6) is 0 Å². The normalized spacial score (nSPS) is 11.8. The number of rotatable bonds is 7. The van der Waals surface area contributed by atoms with E-state index in [0.717, 1.165) is 12.0 Å². The molecule has 3 heteroatoms. The lowest BCUT2D eigenvalue weighted by Gasteiger charge is -2.15. The Morgan fingerprint density at radius 3 is 2.76 bits per heavy atom. The van der Waals surface area contributed by atoms with E-state index < -0.39 is 0 Å². The van der Waals surface area contributed by atoms with Gasteiger partial charge in [0.25, 0.3) is 0 Å². The fourth-order valence-electron chi connectivity index (χ4n) is 1.57. The van der Waals surface area contributed by atoms with Crippen LogP contribution in [-0.4, -0.2) is 19.1 Å². The second-order valence-corrected chi connectivity index (χ2v) is 3.81. The highest BCUT2D eigenvalue weighted by molar-refractivity contribution is 5.75. The van der Waals surface area contributed by atoms with Crippen molar-refractivity contribution in [2.75, 3.05) is 7.11 Å². The molecule has 1 aromatic carbocycles. The van der Waals surface area contributed by atoms with Crippen LogP contribution in [0.1, 0.15) is 18.4 Å². The number of benzene rings is 1. The SMILES string of the molecule is C=CCC[C@@H](NCc1ccccc1)C(=O)OC. The van der Waals surface area contributed by atoms with E-state index in [2.05, 4.69) is 11.9 Å². The number of allylic oxidation sites excluding steroid dienone is 1. The van der Waals surface area contributed by atoms with Crippen LogP contribution in [0, 0.1) is 0 Å². The maximum absolute atomic E-state index is 11.5. The predicted octanol–water partition coefficient (Wildman–Crippen LogP) is 2.28. The molecule has 1 N–H and O–H groups in total. The number of carbonyl (C=O) groups is 1. The molecule has 0 aliphatic carbocycles. The molecule has 0 spiro atoms. The second-order valence-electron chi connectivity index (χ2n) is 3.81. The Morgan fingerprint density at radius 2 is 2.18 bits per heavy atom. The van der Waals surface area contributed by atoms with Crippen LogP contribution < -0.4 is 5.32 Å². The van der Waals surface area contributed by atoms with Gasteiger partial charge < -0.3 is 10.1 Å². The maximum atomic E-state index is 11.5. The van der Waals surface area contributed by atoms with Gasteiger partial charge >= 0.3 is 5.97 Å². The number of esters is 1. The first-order valence-corrected chi connectivity index (χ1v) is 5.74. The first-order chi connectivity index (χ1) is 8.27. The number of carbonyl (C=O) groups excluding carboxylic acids is 1. The van der Waals surface area contributed by atoms with Gasteiger partial charge in [0.1, 0.15) is 6.04 Å². The van der Waals surface area contributed by atoms with Crippen molar-refractivity contribution in [1.82, 2.24) is 5.32 Å². The minimum absolute atomic E-state index is 0.220. The predicted molar refractivity (Wildman–Crippen MR) is 68.5 cm³/mol. The molecular weight excluding hydrogens is 214 g/mol. The summed E-state index contributed by atoms with van der Waals surface area (Å²) in [6, 6.07) is 9.71. The molecule has 1 aromatic rings. The fraction of sp³-hybridized carbons (Fsp3) is 0.357. The summed E-state index contributed by atoms with van der Waals surface area (Å²) in [6.45, 7) is 4.32. The van der Waals surface area contributed by atoms with Gasteiger partial charge in [-0.3, -0.25) is 4.79 Å². The second kappa shape index (κ2) is 7.63. The lowest BCUT2D eigenvalue weighted by Crippen LogP contribution is -2.37. The van der Waals surface area contributed by atoms with Crippen LogP contribution in [0.15, 0.2) is 43.0 Å². The molecule has 0 aliphatic rings. The van der Waals surface area contributed by atoms with Gasteiger partial charge in [-0.05, 0) is 18.4 Å². The molecule has 0 saturated carbocycles. The van der Waals surface area contributed by atoms with Crippen LogP contribution in [0.4, 0.5) is 0 Å². The van der Waals surface area contributed by atoms with Crippen LogP contribution >= 0.6 is 0 Å². The molecule has 0 aromatic heterocycles. The molecule has 0 fully saturated rings. The molecule has 0 amide bonds. The Kier molecular flexibility index (Phi) is 6.04. The molecule has 0 heterocycles. The smallest absolute Gasteiger partial charge is 0.322 e. The topological polar surface area (TPSA) is 38.3 Å². The molecule has 3 nitrogen and oxygen atoms in total. The minimum atomic E-state index is -0.266. The van der Waals surface area contributed by atoms with Gasteiger partial charge in [0.05, 0.1) is 7.11 Å². The third-order valence-electron chi connectivity index (χ3n) is 2.54. The maximum Gasteiger partial charge on any atom is 0.322 e. The van der Waals surface area contributed by atoms with Gasteiger partial charge in [0.2, 0.25) is 0 Å². The zero-order valence-corrected chi connectivity index (χ0v) is 10.2. The third-order valence-corrected chi connectivity index (χ3v) is 2.54. The average Bonchev–Trinajstić information content (AvgIpc) is 2.39.